The Kier molecular flexibility index (Phi) is 0.599. The Hall–Kier alpha value is -0.135. The van der Waals surface area contributed by atoms with Crippen molar-refractivity contribution in [3.05, 3.63) is 0 Å². The molecule has 4 saturated heterocycles. The normalized spacial score (nSPS) is 36.7. The molecule has 9 heavy (non-hydrogen) atoms. The van der Waals surface area contributed by atoms with Crippen LogP contribution < -0.4 is 5.32 Å². The van der Waals surface area contributed by atoms with E-state index in [0.717, 1.165) is 13.1 Å². The second-order valence-electron chi connectivity index (χ2n) is 2.24. The summed E-state index contributed by atoms with van der Waals surface area (Å²) in [5.74, 6) is 0. The monoisotopic (exact) mass is 128 g/mol. The fourth-order valence-corrected chi connectivity index (χ4v) is 1.29. The van der Waals surface area contributed by atoms with Gasteiger partial charge in [0.15, 0.2) is 0 Å². The Morgan fingerprint density at radius 1 is 1.56 bits per heavy atom. The highest BCUT2D eigenvalue weighted by Gasteiger charge is 2.68. The molecule has 5 nitrogen and oxygen atoms in total. The van der Waals surface area contributed by atoms with Crippen molar-refractivity contribution in [1.29, 1.82) is 0 Å². The smallest absolute Gasteiger partial charge is 0.329 e. The van der Waals surface area contributed by atoms with Gasteiger partial charge in [0.25, 0.3) is 6.03 Å². The van der Waals surface area contributed by atoms with Gasteiger partial charge in [0, 0.05) is 13.1 Å². The number of hydrogen-bond acceptors (Lipinski definition) is 5. The van der Waals surface area contributed by atoms with Crippen LogP contribution in [0, 0.1) is 0 Å². The van der Waals surface area contributed by atoms with Gasteiger partial charge in [-0.2, -0.15) is 0 Å². The topological polar surface area (TPSA) is 43.0 Å². The van der Waals surface area contributed by atoms with E-state index in [1.165, 1.54) is 0 Å². The van der Waals surface area contributed by atoms with E-state index in [1.54, 1.807) is 5.06 Å². The van der Waals surface area contributed by atoms with Crippen molar-refractivity contribution < 1.29 is 14.1 Å². The van der Waals surface area contributed by atoms with Crippen molar-refractivity contribution in [2.45, 2.75) is 6.03 Å². The summed E-state index contributed by atoms with van der Waals surface area (Å²) in [6, 6.07) is -0.690. The van der Waals surface area contributed by atoms with Gasteiger partial charge in [-0.3, -0.25) is 10.1 Å². The zero-order valence-electron chi connectivity index (χ0n) is 4.66. The summed E-state index contributed by atoms with van der Waals surface area (Å²) < 4.78 is 15.3. The summed E-state index contributed by atoms with van der Waals surface area (Å²) in [6.07, 6.45) is 0. The molecule has 0 aromatic carbocycles. The lowest BCUT2D eigenvalue weighted by Crippen LogP contribution is -2.59. The van der Waals surface area contributed by atoms with Gasteiger partial charge in [-0.05, 0) is 0 Å². The lowest BCUT2D eigenvalue weighted by atomic mass is 10.2. The molecule has 6 heteroatoms. The average molecular weight is 128 g/mol. The van der Waals surface area contributed by atoms with Crippen LogP contribution in [0.5, 0.6) is 0 Å². The van der Waals surface area contributed by atoms with Crippen LogP contribution in [0.25, 0.3) is 0 Å². The van der Waals surface area contributed by atoms with Crippen LogP contribution in [0.2, 0.25) is 0 Å². The molecule has 1 spiro atoms. The predicted molar refractivity (Wildman–Crippen MR) is 26.4 cm³/mol. The van der Waals surface area contributed by atoms with Crippen LogP contribution in [0.15, 0.2) is 0 Å². The van der Waals surface area contributed by atoms with Gasteiger partial charge in [-0.15, -0.1) is 5.06 Å². The quantitative estimate of drug-likeness (QED) is 0.401. The Bertz CT molecular complexity index is 151. The Labute approximate surface area is 52.0 Å². The molecule has 4 aliphatic heterocycles. The fraction of sp³-hybridized carbons (Fsp3) is 1.00. The molecule has 4 fully saturated rings. The molecule has 4 heterocycles. The fourth-order valence-electron chi connectivity index (χ4n) is 1.29. The maximum absolute atomic E-state index is 5.13. The third kappa shape index (κ3) is 0.375. The van der Waals surface area contributed by atoms with E-state index in [-0.39, 0.29) is 0 Å². The first-order valence-corrected chi connectivity index (χ1v) is 2.94. The van der Waals surface area contributed by atoms with E-state index < -0.39 is 13.4 Å². The molecule has 4 rings (SSSR count). The van der Waals surface area contributed by atoms with Crippen LogP contribution in [0.3, 0.4) is 0 Å². The van der Waals surface area contributed by atoms with Crippen LogP contribution in [0.1, 0.15) is 0 Å². The lowest BCUT2D eigenvalue weighted by molar-refractivity contribution is -0.278. The molecule has 4 aliphatic rings. The van der Waals surface area contributed by atoms with E-state index in [0.29, 0.717) is 0 Å². The highest BCUT2D eigenvalue weighted by molar-refractivity contribution is 6.39. The van der Waals surface area contributed by atoms with Crippen LogP contribution in [-0.2, 0) is 14.1 Å². The summed E-state index contributed by atoms with van der Waals surface area (Å²) in [5.41, 5.74) is 0. The first-order valence-electron chi connectivity index (χ1n) is 2.94. The van der Waals surface area contributed by atoms with E-state index in [2.05, 4.69) is 5.32 Å². The number of nitrogens with one attached hydrogen (secondary N) is 1. The molecule has 0 amide bonds. The summed E-state index contributed by atoms with van der Waals surface area (Å²) in [7, 11) is -0.446. The maximum Gasteiger partial charge on any atom is 0.665 e. The van der Waals surface area contributed by atoms with E-state index in [9.17, 15) is 0 Å². The molecule has 0 radical (unpaired) electrons. The minimum atomic E-state index is -0.690. The van der Waals surface area contributed by atoms with Crippen LogP contribution in [-0.4, -0.2) is 31.5 Å². The van der Waals surface area contributed by atoms with Crippen molar-refractivity contribution in [3.8, 4) is 0 Å². The summed E-state index contributed by atoms with van der Waals surface area (Å²) in [5, 5.41) is 4.70. The highest BCUT2D eigenvalue weighted by atomic mass is 17.0. The molecular formula is C3H5BN2O3. The Morgan fingerprint density at radius 3 is 3.22 bits per heavy atom. The second-order valence-corrected chi connectivity index (χ2v) is 2.24. The van der Waals surface area contributed by atoms with Crippen molar-refractivity contribution >= 4 is 7.32 Å². The zero-order chi connectivity index (χ0) is 5.90. The molecule has 0 aliphatic carbocycles. The molecule has 0 aromatic heterocycles. The van der Waals surface area contributed by atoms with Crippen LogP contribution in [0.4, 0.5) is 0 Å². The second kappa shape index (κ2) is 1.16. The SMILES string of the molecule is C1CN2OB3OC2(N1)O3. The first-order chi connectivity index (χ1) is 4.39. The van der Waals surface area contributed by atoms with Crippen molar-refractivity contribution in [1.82, 2.24) is 10.4 Å². The standard InChI is InChI=1S/C3H5BN2O3/c1-2-6-3(5-1)7-4(8-3)9-6/h5H,1-2H2. The predicted octanol–water partition coefficient (Wildman–Crippen LogP) is -1.52. The molecule has 0 saturated carbocycles. The average Bonchev–Trinajstić information content (AvgIpc) is 2.11. The minimum absolute atomic E-state index is 0.446. The van der Waals surface area contributed by atoms with Gasteiger partial charge in [0.05, 0.1) is 0 Å². The first kappa shape index (κ1) is 4.65. The van der Waals surface area contributed by atoms with Crippen molar-refractivity contribution in [2.24, 2.45) is 0 Å². The van der Waals surface area contributed by atoms with Gasteiger partial charge in [0.1, 0.15) is 0 Å². The number of nitrogens with zero attached hydrogens (tertiary/aromatic N) is 1. The van der Waals surface area contributed by atoms with Gasteiger partial charge < -0.3 is 9.31 Å². The van der Waals surface area contributed by atoms with E-state index in [1.807, 2.05) is 0 Å². The number of rotatable bonds is 0. The third-order valence-corrected chi connectivity index (χ3v) is 1.72. The van der Waals surface area contributed by atoms with Gasteiger partial charge in [0.2, 0.25) is 0 Å². The highest BCUT2D eigenvalue weighted by Crippen LogP contribution is 2.39. The summed E-state index contributed by atoms with van der Waals surface area (Å²) >= 11 is 0. The molecule has 0 aromatic rings. The lowest BCUT2D eigenvalue weighted by Gasteiger charge is -2.32. The van der Waals surface area contributed by atoms with Crippen molar-refractivity contribution in [3.63, 3.8) is 0 Å². The molecule has 0 unspecified atom stereocenters. The molecule has 48 valence electrons. The largest absolute Gasteiger partial charge is 0.665 e. The maximum atomic E-state index is 5.13. The number of hydroxylamine groups is 2. The molecule has 0 atom stereocenters. The van der Waals surface area contributed by atoms with E-state index in [4.69, 9.17) is 14.1 Å². The number of hydrogen-bond donors (Lipinski definition) is 1. The van der Waals surface area contributed by atoms with Crippen LogP contribution >= 0.6 is 0 Å². The molecule has 1 N–H and O–H groups in total. The van der Waals surface area contributed by atoms with Crippen molar-refractivity contribution in [2.75, 3.05) is 13.1 Å². The summed E-state index contributed by atoms with van der Waals surface area (Å²) in [6.45, 7) is 1.68. The third-order valence-electron chi connectivity index (χ3n) is 1.72. The van der Waals surface area contributed by atoms with E-state index >= 15 is 0 Å². The Morgan fingerprint density at radius 2 is 2.44 bits per heavy atom. The zero-order valence-corrected chi connectivity index (χ0v) is 4.66. The van der Waals surface area contributed by atoms with Gasteiger partial charge in [-0.1, -0.05) is 0 Å². The molecule has 2 bridgehead atoms. The summed E-state index contributed by atoms with van der Waals surface area (Å²) in [4.78, 5) is 0. The van der Waals surface area contributed by atoms with Gasteiger partial charge >= 0.3 is 7.32 Å². The Balaban J connectivity index is 2.00. The minimum Gasteiger partial charge on any atom is -0.329 e. The van der Waals surface area contributed by atoms with Gasteiger partial charge in [-0.25, -0.2) is 0 Å². The molecular weight excluding hydrogens is 123 g/mol.